The van der Waals surface area contributed by atoms with Gasteiger partial charge >= 0.3 is 0 Å². The summed E-state index contributed by atoms with van der Waals surface area (Å²) in [5.74, 6) is 0. The fourth-order valence-electron chi connectivity index (χ4n) is 2.88. The lowest BCUT2D eigenvalue weighted by atomic mass is 9.77. The maximum absolute atomic E-state index is 6.07. The molecule has 0 aliphatic carbocycles. The van der Waals surface area contributed by atoms with Gasteiger partial charge in [-0.15, -0.1) is 0 Å². The molecule has 1 aromatic rings. The zero-order chi connectivity index (χ0) is 11.9. The lowest BCUT2D eigenvalue weighted by molar-refractivity contribution is 0.235. The summed E-state index contributed by atoms with van der Waals surface area (Å²) in [5.41, 5.74) is 11.4. The third-order valence-corrected chi connectivity index (χ3v) is 3.58. The Labute approximate surface area is 98.4 Å². The molecule has 1 aliphatic heterocycles. The number of anilines is 1. The van der Waals surface area contributed by atoms with Gasteiger partial charge in [-0.25, -0.2) is 0 Å². The van der Waals surface area contributed by atoms with Crippen LogP contribution in [0.25, 0.3) is 0 Å². The van der Waals surface area contributed by atoms with Crippen LogP contribution in [0.5, 0.6) is 0 Å². The fraction of sp³-hybridized carbons (Fsp3) is 0.571. The van der Waals surface area contributed by atoms with E-state index in [1.54, 1.807) is 0 Å². The molecule has 1 aromatic carbocycles. The molecule has 16 heavy (non-hydrogen) atoms. The maximum Gasteiger partial charge on any atom is 0.0349 e. The van der Waals surface area contributed by atoms with Gasteiger partial charge in [0.1, 0.15) is 0 Å². The third kappa shape index (κ3) is 1.82. The number of likely N-dealkylation sites (N-methyl/N-ethyl adjacent to an activating group) is 1. The molecule has 0 amide bonds. The lowest BCUT2D eigenvalue weighted by Gasteiger charge is -2.38. The Kier molecular flexibility index (Phi) is 2.70. The van der Waals surface area contributed by atoms with Crippen molar-refractivity contribution < 1.29 is 0 Å². The molecular weight excluding hydrogens is 196 g/mol. The molecule has 2 heteroatoms. The number of hydrogen-bond donors (Lipinski definition) is 1. The molecule has 0 saturated heterocycles. The molecule has 0 aromatic heterocycles. The van der Waals surface area contributed by atoms with E-state index in [1.807, 2.05) is 0 Å². The first kappa shape index (κ1) is 11.5. The minimum Gasteiger partial charge on any atom is -0.398 e. The first-order chi connectivity index (χ1) is 7.44. The van der Waals surface area contributed by atoms with Crippen molar-refractivity contribution in [3.63, 3.8) is 0 Å². The van der Waals surface area contributed by atoms with E-state index in [2.05, 4.69) is 44.9 Å². The lowest BCUT2D eigenvalue weighted by Crippen LogP contribution is -2.40. The molecule has 0 unspecified atom stereocenters. The minimum absolute atomic E-state index is 0.236. The minimum atomic E-state index is 0.236. The Morgan fingerprint density at radius 2 is 2.06 bits per heavy atom. The first-order valence-electron chi connectivity index (χ1n) is 6.04. The molecule has 0 saturated carbocycles. The van der Waals surface area contributed by atoms with Crippen molar-refractivity contribution in [3.8, 4) is 0 Å². The van der Waals surface area contributed by atoms with Crippen LogP contribution in [0.15, 0.2) is 12.1 Å². The smallest absolute Gasteiger partial charge is 0.0349 e. The second-order valence-corrected chi connectivity index (χ2v) is 5.62. The van der Waals surface area contributed by atoms with Gasteiger partial charge in [-0.05, 0) is 36.2 Å². The van der Waals surface area contributed by atoms with Crippen LogP contribution in [-0.4, -0.2) is 18.5 Å². The van der Waals surface area contributed by atoms with Gasteiger partial charge in [0.05, 0.1) is 0 Å². The van der Waals surface area contributed by atoms with Crippen molar-refractivity contribution in [1.29, 1.82) is 0 Å². The van der Waals surface area contributed by atoms with Crippen LogP contribution in [0, 0.1) is 0 Å². The zero-order valence-electron chi connectivity index (χ0n) is 10.8. The van der Waals surface area contributed by atoms with Crippen molar-refractivity contribution in [1.82, 2.24) is 4.90 Å². The van der Waals surface area contributed by atoms with Gasteiger partial charge < -0.3 is 10.6 Å². The highest BCUT2D eigenvalue weighted by Crippen LogP contribution is 2.35. The van der Waals surface area contributed by atoms with E-state index in [-0.39, 0.29) is 5.41 Å². The third-order valence-electron chi connectivity index (χ3n) is 3.58. The Hall–Kier alpha value is -1.02. The maximum atomic E-state index is 6.07. The molecule has 1 aliphatic rings. The van der Waals surface area contributed by atoms with Gasteiger partial charge in [0.25, 0.3) is 0 Å². The highest BCUT2D eigenvalue weighted by Gasteiger charge is 2.30. The van der Waals surface area contributed by atoms with E-state index in [4.69, 9.17) is 5.73 Å². The van der Waals surface area contributed by atoms with E-state index in [1.165, 1.54) is 16.7 Å². The molecule has 0 fully saturated rings. The predicted molar refractivity (Wildman–Crippen MR) is 69.6 cm³/mol. The Morgan fingerprint density at radius 3 is 2.69 bits per heavy atom. The predicted octanol–water partition coefficient (Wildman–Crippen LogP) is 2.55. The Balaban J connectivity index is 2.56. The van der Waals surface area contributed by atoms with E-state index < -0.39 is 0 Å². The topological polar surface area (TPSA) is 29.3 Å². The van der Waals surface area contributed by atoms with Gasteiger partial charge in [0.2, 0.25) is 0 Å². The average molecular weight is 218 g/mol. The molecule has 0 bridgehead atoms. The standard InChI is InChI=1S/C14H22N2/c1-5-10-6-12-11(7-13(10)15)8-16(4)9-14(12,2)3/h6-7H,5,8-9,15H2,1-4H3. The van der Waals surface area contributed by atoms with Gasteiger partial charge in [-0.1, -0.05) is 26.8 Å². The number of benzene rings is 1. The molecule has 0 spiro atoms. The molecule has 0 radical (unpaired) electrons. The summed E-state index contributed by atoms with van der Waals surface area (Å²) in [6.45, 7) is 8.94. The summed E-state index contributed by atoms with van der Waals surface area (Å²) in [6, 6.07) is 4.49. The Bertz CT molecular complexity index is 407. The second-order valence-electron chi connectivity index (χ2n) is 5.62. The Morgan fingerprint density at radius 1 is 1.38 bits per heavy atom. The zero-order valence-corrected chi connectivity index (χ0v) is 10.8. The van der Waals surface area contributed by atoms with Gasteiger partial charge in [0.15, 0.2) is 0 Å². The van der Waals surface area contributed by atoms with E-state index in [0.29, 0.717) is 0 Å². The van der Waals surface area contributed by atoms with Gasteiger partial charge in [-0.2, -0.15) is 0 Å². The largest absolute Gasteiger partial charge is 0.398 e. The number of hydrogen-bond acceptors (Lipinski definition) is 2. The van der Waals surface area contributed by atoms with Gasteiger partial charge in [-0.3, -0.25) is 0 Å². The van der Waals surface area contributed by atoms with Crippen LogP contribution < -0.4 is 5.73 Å². The quantitative estimate of drug-likeness (QED) is 0.734. The molecule has 2 nitrogen and oxygen atoms in total. The van der Waals surface area contributed by atoms with E-state index in [0.717, 1.165) is 25.2 Å². The van der Waals surface area contributed by atoms with Crippen molar-refractivity contribution >= 4 is 5.69 Å². The van der Waals surface area contributed by atoms with Crippen LogP contribution in [0.1, 0.15) is 37.5 Å². The molecule has 0 atom stereocenters. The number of fused-ring (bicyclic) bond motifs is 1. The summed E-state index contributed by atoms with van der Waals surface area (Å²) >= 11 is 0. The van der Waals surface area contributed by atoms with Crippen LogP contribution in [0.4, 0.5) is 5.69 Å². The van der Waals surface area contributed by atoms with E-state index in [9.17, 15) is 0 Å². The normalized spacial score (nSPS) is 19.5. The number of nitrogens with two attached hydrogens (primary N) is 1. The van der Waals surface area contributed by atoms with Gasteiger partial charge in [0, 0.05) is 24.2 Å². The molecule has 2 rings (SSSR count). The molecule has 1 heterocycles. The molecular formula is C14H22N2. The monoisotopic (exact) mass is 218 g/mol. The number of nitrogen functional groups attached to an aromatic ring is 1. The van der Waals surface area contributed by atoms with Crippen LogP contribution in [0.3, 0.4) is 0 Å². The van der Waals surface area contributed by atoms with Crippen LogP contribution >= 0.6 is 0 Å². The number of aryl methyl sites for hydroxylation is 1. The van der Waals surface area contributed by atoms with Crippen LogP contribution in [0.2, 0.25) is 0 Å². The highest BCUT2D eigenvalue weighted by molar-refractivity contribution is 5.54. The average Bonchev–Trinajstić information content (AvgIpc) is 2.15. The van der Waals surface area contributed by atoms with Crippen molar-refractivity contribution in [2.45, 2.75) is 39.2 Å². The molecule has 2 N–H and O–H groups in total. The van der Waals surface area contributed by atoms with Crippen molar-refractivity contribution in [2.24, 2.45) is 0 Å². The summed E-state index contributed by atoms with van der Waals surface area (Å²) in [7, 11) is 2.18. The summed E-state index contributed by atoms with van der Waals surface area (Å²) in [6.07, 6.45) is 1.02. The van der Waals surface area contributed by atoms with Crippen molar-refractivity contribution in [2.75, 3.05) is 19.3 Å². The SMILES string of the molecule is CCc1cc2c(cc1N)CN(C)CC2(C)C. The summed E-state index contributed by atoms with van der Waals surface area (Å²) in [4.78, 5) is 2.37. The summed E-state index contributed by atoms with van der Waals surface area (Å²) < 4.78 is 0. The first-order valence-corrected chi connectivity index (χ1v) is 6.04. The van der Waals surface area contributed by atoms with Crippen molar-refractivity contribution in [3.05, 3.63) is 28.8 Å². The highest BCUT2D eigenvalue weighted by atomic mass is 15.1. The van der Waals surface area contributed by atoms with E-state index >= 15 is 0 Å². The van der Waals surface area contributed by atoms with Crippen LogP contribution in [-0.2, 0) is 18.4 Å². The molecule has 88 valence electrons. The fourth-order valence-corrected chi connectivity index (χ4v) is 2.88. The summed E-state index contributed by atoms with van der Waals surface area (Å²) in [5, 5.41) is 0. The number of rotatable bonds is 1. The number of nitrogens with zero attached hydrogens (tertiary/aromatic N) is 1. The second kappa shape index (κ2) is 3.77.